The summed E-state index contributed by atoms with van der Waals surface area (Å²) in [4.78, 5) is 14.4. The number of likely N-dealkylation sites (N-methyl/N-ethyl adjacent to an activating group) is 1. The summed E-state index contributed by atoms with van der Waals surface area (Å²) >= 11 is 5.95. The lowest BCUT2D eigenvalue weighted by Gasteiger charge is -2.18. The molecule has 0 spiro atoms. The molecule has 1 rings (SSSR count). The lowest BCUT2D eigenvalue weighted by Crippen LogP contribution is -2.35. The van der Waals surface area contributed by atoms with Gasteiger partial charge < -0.3 is 20.7 Å². The number of amides is 1. The van der Waals surface area contributed by atoms with Crippen LogP contribution in [0.25, 0.3) is 0 Å². The second kappa shape index (κ2) is 7.97. The quantitative estimate of drug-likeness (QED) is 0.756. The fourth-order valence-corrected chi connectivity index (χ4v) is 2.09. The van der Waals surface area contributed by atoms with E-state index in [2.05, 4.69) is 24.1 Å². The van der Waals surface area contributed by atoms with Gasteiger partial charge in [0.15, 0.2) is 0 Å². The normalized spacial score (nSPS) is 10.7. The van der Waals surface area contributed by atoms with E-state index in [1.807, 2.05) is 0 Å². The van der Waals surface area contributed by atoms with Crippen LogP contribution in [0.4, 0.5) is 5.69 Å². The first-order valence-corrected chi connectivity index (χ1v) is 7.05. The summed E-state index contributed by atoms with van der Waals surface area (Å²) in [6.45, 7) is 7.42. The zero-order valence-corrected chi connectivity index (χ0v) is 13.0. The van der Waals surface area contributed by atoms with Crippen molar-refractivity contribution < 1.29 is 9.53 Å². The number of hydrogen-bond donors (Lipinski definition) is 2. The Morgan fingerprint density at radius 2 is 2.05 bits per heavy atom. The number of methoxy groups -OCH3 is 1. The number of benzene rings is 1. The van der Waals surface area contributed by atoms with Gasteiger partial charge in [-0.1, -0.05) is 25.4 Å². The number of nitrogen functional groups attached to an aromatic ring is 1. The molecular formula is C14H22ClN3O2. The van der Waals surface area contributed by atoms with E-state index in [0.717, 1.165) is 19.6 Å². The molecule has 0 aliphatic heterocycles. The molecule has 0 saturated carbocycles. The van der Waals surface area contributed by atoms with Gasteiger partial charge in [0.05, 0.1) is 17.8 Å². The van der Waals surface area contributed by atoms with E-state index < -0.39 is 0 Å². The molecule has 1 aromatic rings. The molecule has 0 aliphatic carbocycles. The summed E-state index contributed by atoms with van der Waals surface area (Å²) in [7, 11) is 1.50. The van der Waals surface area contributed by atoms with E-state index in [1.54, 1.807) is 12.1 Å². The Hall–Kier alpha value is -1.46. The molecule has 0 bridgehead atoms. The second-order valence-electron chi connectivity index (χ2n) is 4.32. The summed E-state index contributed by atoms with van der Waals surface area (Å²) in [6.07, 6.45) is 0. The first-order chi connectivity index (χ1) is 9.54. The highest BCUT2D eigenvalue weighted by Crippen LogP contribution is 2.30. The maximum absolute atomic E-state index is 12.2. The summed E-state index contributed by atoms with van der Waals surface area (Å²) in [6, 6.07) is 3.25. The number of nitrogens with one attached hydrogen (secondary N) is 1. The molecule has 0 atom stereocenters. The number of halogens is 1. The summed E-state index contributed by atoms with van der Waals surface area (Å²) in [5, 5.41) is 3.19. The smallest absolute Gasteiger partial charge is 0.257 e. The molecule has 112 valence electrons. The summed E-state index contributed by atoms with van der Waals surface area (Å²) < 4.78 is 5.16. The minimum Gasteiger partial charge on any atom is -0.496 e. The van der Waals surface area contributed by atoms with Crippen LogP contribution in [0.1, 0.15) is 24.2 Å². The number of anilines is 1. The van der Waals surface area contributed by atoms with E-state index in [9.17, 15) is 4.79 Å². The molecule has 0 unspecified atom stereocenters. The van der Waals surface area contributed by atoms with Crippen molar-refractivity contribution in [1.29, 1.82) is 0 Å². The fourth-order valence-electron chi connectivity index (χ4n) is 1.93. The number of carbonyl (C=O) groups is 1. The largest absolute Gasteiger partial charge is 0.496 e. The van der Waals surface area contributed by atoms with Gasteiger partial charge in [0, 0.05) is 13.1 Å². The third-order valence-corrected chi connectivity index (χ3v) is 3.54. The lowest BCUT2D eigenvalue weighted by molar-refractivity contribution is 0.0947. The van der Waals surface area contributed by atoms with E-state index in [-0.39, 0.29) is 11.6 Å². The maximum atomic E-state index is 12.2. The second-order valence-corrected chi connectivity index (χ2v) is 4.73. The van der Waals surface area contributed by atoms with Gasteiger partial charge in [-0.25, -0.2) is 0 Å². The molecule has 1 aromatic carbocycles. The van der Waals surface area contributed by atoms with Crippen molar-refractivity contribution in [3.63, 3.8) is 0 Å². The lowest BCUT2D eigenvalue weighted by atomic mass is 10.1. The molecule has 6 heteroatoms. The summed E-state index contributed by atoms with van der Waals surface area (Å²) in [5.74, 6) is 0.154. The highest BCUT2D eigenvalue weighted by Gasteiger charge is 2.18. The first-order valence-electron chi connectivity index (χ1n) is 6.67. The molecule has 0 radical (unpaired) electrons. The van der Waals surface area contributed by atoms with Crippen molar-refractivity contribution in [2.45, 2.75) is 13.8 Å². The minimum absolute atomic E-state index is 0.242. The number of hydrogen-bond acceptors (Lipinski definition) is 4. The topological polar surface area (TPSA) is 67.6 Å². The van der Waals surface area contributed by atoms with Crippen LogP contribution in [-0.4, -0.2) is 44.1 Å². The molecule has 5 nitrogen and oxygen atoms in total. The standard InChI is InChI=1S/C14H22ClN3O2/c1-4-18(5-2)9-8-17-14(19)12-11(20-3)7-6-10(15)13(12)16/h6-7H,4-5,8-9,16H2,1-3H3,(H,17,19). The van der Waals surface area contributed by atoms with Crippen molar-refractivity contribution in [2.75, 3.05) is 39.0 Å². The zero-order valence-electron chi connectivity index (χ0n) is 12.2. The Morgan fingerprint density at radius 1 is 1.40 bits per heavy atom. The highest BCUT2D eigenvalue weighted by molar-refractivity contribution is 6.34. The van der Waals surface area contributed by atoms with Crippen molar-refractivity contribution >= 4 is 23.2 Å². The Morgan fingerprint density at radius 3 is 2.60 bits per heavy atom. The van der Waals surface area contributed by atoms with Crippen LogP contribution in [0.5, 0.6) is 5.75 Å². The van der Waals surface area contributed by atoms with Crippen LogP contribution in [0.2, 0.25) is 5.02 Å². The number of carbonyl (C=O) groups excluding carboxylic acids is 1. The molecule has 0 aliphatic rings. The number of rotatable bonds is 7. The van der Waals surface area contributed by atoms with Gasteiger partial charge in [-0.15, -0.1) is 0 Å². The van der Waals surface area contributed by atoms with Crippen LogP contribution in [0.3, 0.4) is 0 Å². The number of nitrogens with zero attached hydrogens (tertiary/aromatic N) is 1. The van der Waals surface area contributed by atoms with Gasteiger partial charge in [0.25, 0.3) is 5.91 Å². The van der Waals surface area contributed by atoms with Crippen LogP contribution in [-0.2, 0) is 0 Å². The van der Waals surface area contributed by atoms with Gasteiger partial charge in [-0.05, 0) is 25.2 Å². The van der Waals surface area contributed by atoms with E-state index in [4.69, 9.17) is 22.1 Å². The molecular weight excluding hydrogens is 278 g/mol. The summed E-state index contributed by atoms with van der Waals surface area (Å²) in [5.41, 5.74) is 6.39. The average Bonchev–Trinajstić information content (AvgIpc) is 2.46. The zero-order chi connectivity index (χ0) is 15.1. The van der Waals surface area contributed by atoms with Crippen molar-refractivity contribution in [3.8, 4) is 5.75 Å². The van der Waals surface area contributed by atoms with Crippen LogP contribution in [0.15, 0.2) is 12.1 Å². The fraction of sp³-hybridized carbons (Fsp3) is 0.500. The Bertz CT molecular complexity index is 462. The SMILES string of the molecule is CCN(CC)CCNC(=O)c1c(OC)ccc(Cl)c1N. The molecule has 0 aromatic heterocycles. The van der Waals surface area contributed by atoms with Crippen molar-refractivity contribution in [1.82, 2.24) is 10.2 Å². The third kappa shape index (κ3) is 4.02. The van der Waals surface area contributed by atoms with Crippen LogP contribution in [0, 0.1) is 0 Å². The Balaban J connectivity index is 2.75. The van der Waals surface area contributed by atoms with E-state index in [0.29, 0.717) is 22.9 Å². The van der Waals surface area contributed by atoms with E-state index >= 15 is 0 Å². The van der Waals surface area contributed by atoms with Gasteiger partial charge >= 0.3 is 0 Å². The van der Waals surface area contributed by atoms with Crippen LogP contribution >= 0.6 is 11.6 Å². The molecule has 3 N–H and O–H groups in total. The predicted molar refractivity (Wildman–Crippen MR) is 82.5 cm³/mol. The van der Waals surface area contributed by atoms with Gasteiger partial charge in [0.2, 0.25) is 0 Å². The van der Waals surface area contributed by atoms with E-state index in [1.165, 1.54) is 7.11 Å². The molecule has 1 amide bonds. The predicted octanol–water partition coefficient (Wildman–Crippen LogP) is 2.00. The minimum atomic E-state index is -0.269. The Kier molecular flexibility index (Phi) is 6.61. The molecule has 0 fully saturated rings. The van der Waals surface area contributed by atoms with Crippen molar-refractivity contribution in [2.24, 2.45) is 0 Å². The monoisotopic (exact) mass is 299 g/mol. The molecule has 0 heterocycles. The van der Waals surface area contributed by atoms with Crippen molar-refractivity contribution in [3.05, 3.63) is 22.7 Å². The van der Waals surface area contributed by atoms with Gasteiger partial charge in [-0.3, -0.25) is 4.79 Å². The molecule has 20 heavy (non-hydrogen) atoms. The van der Waals surface area contributed by atoms with Gasteiger partial charge in [0.1, 0.15) is 11.3 Å². The number of ether oxygens (including phenoxy) is 1. The molecule has 0 saturated heterocycles. The maximum Gasteiger partial charge on any atom is 0.257 e. The van der Waals surface area contributed by atoms with Crippen LogP contribution < -0.4 is 15.8 Å². The average molecular weight is 300 g/mol. The highest BCUT2D eigenvalue weighted by atomic mass is 35.5. The third-order valence-electron chi connectivity index (χ3n) is 3.21. The van der Waals surface area contributed by atoms with Gasteiger partial charge in [-0.2, -0.15) is 0 Å². The Labute approximate surface area is 125 Å². The number of nitrogens with two attached hydrogens (primary N) is 1. The first kappa shape index (κ1) is 16.6.